The van der Waals surface area contributed by atoms with Crippen molar-refractivity contribution in [2.45, 2.75) is 91.5 Å². The molecule has 0 aromatic carbocycles. The Morgan fingerprint density at radius 1 is 0.833 bits per heavy atom. The second-order valence-corrected chi connectivity index (χ2v) is 6.07. The van der Waals surface area contributed by atoms with Gasteiger partial charge in [0.25, 0.3) is 0 Å². The minimum Gasteiger partial charge on any atom is -0.303 e. The van der Waals surface area contributed by atoms with Crippen molar-refractivity contribution in [1.82, 2.24) is 4.90 Å². The Morgan fingerprint density at radius 3 is 2.06 bits per heavy atom. The van der Waals surface area contributed by atoms with Crippen LogP contribution >= 0.6 is 0 Å². The SMILES string of the molecule is CCCCC(C)CCCCN(C)C(CC)CCC. The highest BCUT2D eigenvalue weighted by Crippen LogP contribution is 2.16. The molecule has 1 nitrogen and oxygen atoms in total. The molecule has 0 heterocycles. The standard InChI is InChI=1S/C17H37N/c1-6-9-13-16(4)14-10-11-15-18(5)17(8-3)12-7-2/h16-17H,6-15H2,1-5H3. The summed E-state index contributed by atoms with van der Waals surface area (Å²) in [6, 6.07) is 0.813. The van der Waals surface area contributed by atoms with E-state index in [9.17, 15) is 0 Å². The lowest BCUT2D eigenvalue weighted by Crippen LogP contribution is -2.31. The van der Waals surface area contributed by atoms with E-state index >= 15 is 0 Å². The molecule has 0 rings (SSSR count). The molecule has 0 saturated heterocycles. The molecule has 0 aromatic rings. The molecule has 0 N–H and O–H groups in total. The molecular weight excluding hydrogens is 218 g/mol. The molecular formula is C17H37N. The van der Waals surface area contributed by atoms with Crippen LogP contribution in [0.2, 0.25) is 0 Å². The van der Waals surface area contributed by atoms with Gasteiger partial charge in [-0.15, -0.1) is 0 Å². The smallest absolute Gasteiger partial charge is 0.00894 e. The zero-order chi connectivity index (χ0) is 13.8. The number of nitrogens with zero attached hydrogens (tertiary/aromatic N) is 1. The Hall–Kier alpha value is -0.0400. The van der Waals surface area contributed by atoms with Gasteiger partial charge >= 0.3 is 0 Å². The predicted octanol–water partition coefficient (Wildman–Crippen LogP) is 5.49. The van der Waals surface area contributed by atoms with Crippen molar-refractivity contribution in [1.29, 1.82) is 0 Å². The molecule has 0 fully saturated rings. The fraction of sp³-hybridized carbons (Fsp3) is 1.00. The second-order valence-electron chi connectivity index (χ2n) is 6.07. The topological polar surface area (TPSA) is 3.24 Å². The zero-order valence-electron chi connectivity index (χ0n) is 13.7. The van der Waals surface area contributed by atoms with Crippen molar-refractivity contribution >= 4 is 0 Å². The summed E-state index contributed by atoms with van der Waals surface area (Å²) in [5.74, 6) is 0.938. The highest BCUT2D eigenvalue weighted by Gasteiger charge is 2.11. The Morgan fingerprint density at radius 2 is 1.50 bits per heavy atom. The van der Waals surface area contributed by atoms with Crippen molar-refractivity contribution in [2.24, 2.45) is 5.92 Å². The van der Waals surface area contributed by atoms with E-state index in [-0.39, 0.29) is 0 Å². The highest BCUT2D eigenvalue weighted by molar-refractivity contribution is 4.66. The molecule has 0 bridgehead atoms. The van der Waals surface area contributed by atoms with E-state index in [4.69, 9.17) is 0 Å². The van der Waals surface area contributed by atoms with Crippen molar-refractivity contribution in [3.8, 4) is 0 Å². The van der Waals surface area contributed by atoms with Crippen LogP contribution in [-0.4, -0.2) is 24.5 Å². The van der Waals surface area contributed by atoms with Crippen molar-refractivity contribution in [3.63, 3.8) is 0 Å². The summed E-state index contributed by atoms with van der Waals surface area (Å²) in [4.78, 5) is 2.58. The molecule has 0 aromatic heterocycles. The zero-order valence-corrected chi connectivity index (χ0v) is 13.7. The third-order valence-electron chi connectivity index (χ3n) is 4.22. The quantitative estimate of drug-likeness (QED) is 0.417. The van der Waals surface area contributed by atoms with Gasteiger partial charge in [-0.3, -0.25) is 0 Å². The molecule has 18 heavy (non-hydrogen) atoms. The van der Waals surface area contributed by atoms with Gasteiger partial charge < -0.3 is 4.90 Å². The van der Waals surface area contributed by atoms with Crippen LogP contribution in [0.5, 0.6) is 0 Å². The van der Waals surface area contributed by atoms with Crippen LogP contribution in [0.3, 0.4) is 0 Å². The molecule has 0 aliphatic rings. The van der Waals surface area contributed by atoms with Gasteiger partial charge in [0.1, 0.15) is 0 Å². The summed E-state index contributed by atoms with van der Waals surface area (Å²) in [7, 11) is 2.31. The summed E-state index contributed by atoms with van der Waals surface area (Å²) in [5, 5.41) is 0. The number of hydrogen-bond donors (Lipinski definition) is 0. The van der Waals surface area contributed by atoms with E-state index in [1.54, 1.807) is 0 Å². The largest absolute Gasteiger partial charge is 0.303 e. The molecule has 0 aliphatic heterocycles. The first-order chi connectivity index (χ1) is 8.65. The maximum absolute atomic E-state index is 2.58. The van der Waals surface area contributed by atoms with E-state index in [0.29, 0.717) is 0 Å². The molecule has 0 radical (unpaired) electrons. The number of rotatable bonds is 12. The average molecular weight is 255 g/mol. The third-order valence-corrected chi connectivity index (χ3v) is 4.22. The molecule has 0 saturated carbocycles. The third kappa shape index (κ3) is 8.97. The molecule has 0 amide bonds. The van der Waals surface area contributed by atoms with Gasteiger partial charge in [-0.05, 0) is 38.8 Å². The lowest BCUT2D eigenvalue weighted by Gasteiger charge is -2.27. The van der Waals surface area contributed by atoms with Gasteiger partial charge in [-0.25, -0.2) is 0 Å². The lowest BCUT2D eigenvalue weighted by molar-refractivity contribution is 0.217. The molecule has 0 spiro atoms. The first-order valence-corrected chi connectivity index (χ1v) is 8.35. The minimum absolute atomic E-state index is 0.813. The van der Waals surface area contributed by atoms with E-state index in [1.807, 2.05) is 0 Å². The Labute approximate surface area is 116 Å². The summed E-state index contributed by atoms with van der Waals surface area (Å²) in [6.07, 6.45) is 12.4. The first kappa shape index (κ1) is 18.0. The fourth-order valence-corrected chi connectivity index (χ4v) is 2.80. The number of hydrogen-bond acceptors (Lipinski definition) is 1. The minimum atomic E-state index is 0.813. The van der Waals surface area contributed by atoms with E-state index in [0.717, 1.165) is 12.0 Å². The summed E-state index contributed by atoms with van der Waals surface area (Å²) in [5.41, 5.74) is 0. The van der Waals surface area contributed by atoms with Crippen molar-refractivity contribution in [2.75, 3.05) is 13.6 Å². The van der Waals surface area contributed by atoms with Gasteiger partial charge in [-0.1, -0.05) is 66.2 Å². The van der Waals surface area contributed by atoms with Crippen molar-refractivity contribution < 1.29 is 0 Å². The molecule has 2 unspecified atom stereocenters. The Bertz CT molecular complexity index is 167. The maximum Gasteiger partial charge on any atom is 0.00894 e. The van der Waals surface area contributed by atoms with E-state index < -0.39 is 0 Å². The molecule has 1 heteroatoms. The first-order valence-electron chi connectivity index (χ1n) is 8.35. The fourth-order valence-electron chi connectivity index (χ4n) is 2.80. The Balaban J connectivity index is 3.57. The van der Waals surface area contributed by atoms with Gasteiger partial charge in [0.15, 0.2) is 0 Å². The van der Waals surface area contributed by atoms with Gasteiger partial charge in [0, 0.05) is 6.04 Å². The van der Waals surface area contributed by atoms with Gasteiger partial charge in [0.2, 0.25) is 0 Å². The van der Waals surface area contributed by atoms with Crippen molar-refractivity contribution in [3.05, 3.63) is 0 Å². The van der Waals surface area contributed by atoms with Gasteiger partial charge in [0.05, 0.1) is 0 Å². The highest BCUT2D eigenvalue weighted by atomic mass is 15.1. The van der Waals surface area contributed by atoms with Crippen LogP contribution in [0.1, 0.15) is 85.5 Å². The number of unbranched alkanes of at least 4 members (excludes halogenated alkanes) is 2. The van der Waals surface area contributed by atoms with Crippen LogP contribution in [-0.2, 0) is 0 Å². The maximum atomic E-state index is 2.58. The van der Waals surface area contributed by atoms with Crippen LogP contribution in [0.15, 0.2) is 0 Å². The van der Waals surface area contributed by atoms with E-state index in [1.165, 1.54) is 64.3 Å². The van der Waals surface area contributed by atoms with Crippen LogP contribution in [0, 0.1) is 5.92 Å². The average Bonchev–Trinajstić information content (AvgIpc) is 2.38. The second kappa shape index (κ2) is 12.0. The van der Waals surface area contributed by atoms with E-state index in [2.05, 4.69) is 39.6 Å². The molecule has 2 atom stereocenters. The molecule has 0 aliphatic carbocycles. The van der Waals surface area contributed by atoms with Crippen LogP contribution in [0.4, 0.5) is 0 Å². The molecule has 110 valence electrons. The van der Waals surface area contributed by atoms with Gasteiger partial charge in [-0.2, -0.15) is 0 Å². The summed E-state index contributed by atoms with van der Waals surface area (Å²) >= 11 is 0. The predicted molar refractivity (Wildman–Crippen MR) is 84.2 cm³/mol. The monoisotopic (exact) mass is 255 g/mol. The lowest BCUT2D eigenvalue weighted by atomic mass is 9.98. The summed E-state index contributed by atoms with van der Waals surface area (Å²) < 4.78 is 0. The van der Waals surface area contributed by atoms with Crippen LogP contribution in [0.25, 0.3) is 0 Å². The summed E-state index contributed by atoms with van der Waals surface area (Å²) in [6.45, 7) is 10.6. The normalized spacial score (nSPS) is 15.0. The van der Waals surface area contributed by atoms with Crippen LogP contribution < -0.4 is 0 Å². The Kier molecular flexibility index (Phi) is 12.0.